The van der Waals surface area contributed by atoms with Crippen LogP contribution >= 0.6 is 0 Å². The van der Waals surface area contributed by atoms with E-state index in [0.717, 1.165) is 29.4 Å². The number of rotatable bonds is 9. The Kier molecular flexibility index (Phi) is 6.59. The van der Waals surface area contributed by atoms with Gasteiger partial charge in [-0.3, -0.25) is 14.2 Å². The zero-order valence-electron chi connectivity index (χ0n) is 14.6. The Labute approximate surface area is 143 Å². The van der Waals surface area contributed by atoms with Gasteiger partial charge < -0.3 is 5.11 Å². The van der Waals surface area contributed by atoms with Gasteiger partial charge in [-0.25, -0.2) is 0 Å². The van der Waals surface area contributed by atoms with Crippen LogP contribution in [0.4, 0.5) is 0 Å². The molecule has 0 aliphatic rings. The van der Waals surface area contributed by atoms with Gasteiger partial charge in [0.15, 0.2) is 0 Å². The van der Waals surface area contributed by atoms with E-state index in [0.29, 0.717) is 6.42 Å². The Morgan fingerprint density at radius 2 is 1.92 bits per heavy atom. The van der Waals surface area contributed by atoms with Gasteiger partial charge in [-0.05, 0) is 31.4 Å². The van der Waals surface area contributed by atoms with Crippen molar-refractivity contribution in [1.82, 2.24) is 4.57 Å². The number of carboxylic acids is 1. The maximum atomic E-state index is 12.9. The molecule has 0 amide bonds. The molecule has 1 aromatic carbocycles. The molecule has 0 aliphatic heterocycles. The summed E-state index contributed by atoms with van der Waals surface area (Å²) in [5.41, 5.74) is 1.97. The predicted octanol–water partition coefficient (Wildman–Crippen LogP) is 4.91. The third-order valence-corrected chi connectivity index (χ3v) is 4.51. The van der Waals surface area contributed by atoms with Crippen LogP contribution in [0.15, 0.2) is 30.3 Å². The van der Waals surface area contributed by atoms with Crippen molar-refractivity contribution in [2.75, 3.05) is 0 Å². The average Bonchev–Trinajstić information content (AvgIpc) is 2.94. The molecular weight excluding hydrogens is 302 g/mol. The Bertz CT molecular complexity index is 702. The zero-order chi connectivity index (χ0) is 17.5. The van der Waals surface area contributed by atoms with Gasteiger partial charge >= 0.3 is 5.97 Å². The normalized spacial score (nSPS) is 12.4. The number of aliphatic carboxylic acids is 1. The molecule has 1 N–H and O–H groups in total. The largest absolute Gasteiger partial charge is 0.481 e. The molecule has 0 saturated carbocycles. The van der Waals surface area contributed by atoms with E-state index in [1.54, 1.807) is 0 Å². The van der Waals surface area contributed by atoms with E-state index in [1.165, 1.54) is 19.3 Å². The molecule has 0 spiro atoms. The van der Waals surface area contributed by atoms with Gasteiger partial charge in [0, 0.05) is 23.4 Å². The molecule has 1 atom stereocenters. The Morgan fingerprint density at radius 3 is 2.62 bits per heavy atom. The number of hydrogen-bond donors (Lipinski definition) is 1. The average molecular weight is 329 g/mol. The van der Waals surface area contributed by atoms with Crippen molar-refractivity contribution in [2.24, 2.45) is 5.92 Å². The molecule has 2 rings (SSSR count). The monoisotopic (exact) mass is 329 g/mol. The van der Waals surface area contributed by atoms with E-state index in [9.17, 15) is 9.59 Å². The zero-order valence-corrected chi connectivity index (χ0v) is 14.6. The minimum Gasteiger partial charge on any atom is -0.481 e. The third-order valence-electron chi connectivity index (χ3n) is 4.51. The molecule has 4 heteroatoms. The molecule has 4 nitrogen and oxygen atoms in total. The van der Waals surface area contributed by atoms with Crippen LogP contribution in [0.25, 0.3) is 10.9 Å². The lowest BCUT2D eigenvalue weighted by molar-refractivity contribution is -0.137. The van der Waals surface area contributed by atoms with Crippen LogP contribution in [-0.4, -0.2) is 21.6 Å². The van der Waals surface area contributed by atoms with Gasteiger partial charge in [0.25, 0.3) is 0 Å². The quantitative estimate of drug-likeness (QED) is 0.665. The first-order valence-corrected chi connectivity index (χ1v) is 8.90. The molecule has 0 aliphatic carbocycles. The maximum Gasteiger partial charge on any atom is 0.303 e. The van der Waals surface area contributed by atoms with Gasteiger partial charge in [0.05, 0.1) is 5.52 Å². The molecule has 0 saturated heterocycles. The van der Waals surface area contributed by atoms with Gasteiger partial charge in [0.1, 0.15) is 0 Å². The molecule has 0 radical (unpaired) electrons. The third kappa shape index (κ3) is 4.47. The second kappa shape index (κ2) is 8.67. The molecule has 130 valence electrons. The number of aromatic nitrogens is 1. The molecular formula is C20H27NO3. The summed E-state index contributed by atoms with van der Waals surface area (Å²) in [6.45, 7) is 4.01. The van der Waals surface area contributed by atoms with E-state index >= 15 is 0 Å². The smallest absolute Gasteiger partial charge is 0.303 e. The minimum absolute atomic E-state index is 0.00272. The first kappa shape index (κ1) is 18.2. The van der Waals surface area contributed by atoms with Crippen molar-refractivity contribution in [3.05, 3.63) is 36.0 Å². The number of carboxylic acid groups (broad SMARTS) is 1. The van der Waals surface area contributed by atoms with E-state index < -0.39 is 5.97 Å². The second-order valence-electron chi connectivity index (χ2n) is 6.51. The second-order valence-corrected chi connectivity index (χ2v) is 6.51. The van der Waals surface area contributed by atoms with Gasteiger partial charge in [-0.15, -0.1) is 0 Å². The van der Waals surface area contributed by atoms with Crippen LogP contribution in [0.5, 0.6) is 0 Å². The lowest BCUT2D eigenvalue weighted by Gasteiger charge is -2.14. The van der Waals surface area contributed by atoms with Crippen molar-refractivity contribution >= 4 is 22.8 Å². The Balaban J connectivity index is 2.24. The van der Waals surface area contributed by atoms with Gasteiger partial charge in [-0.2, -0.15) is 0 Å². The van der Waals surface area contributed by atoms with Crippen molar-refractivity contribution in [3.63, 3.8) is 0 Å². The predicted molar refractivity (Wildman–Crippen MR) is 96.4 cm³/mol. The topological polar surface area (TPSA) is 59.3 Å². The van der Waals surface area contributed by atoms with E-state index in [-0.39, 0.29) is 18.2 Å². The van der Waals surface area contributed by atoms with Crippen LogP contribution in [0.2, 0.25) is 0 Å². The lowest BCUT2D eigenvalue weighted by Crippen LogP contribution is -2.22. The highest BCUT2D eigenvalue weighted by Gasteiger charge is 2.21. The van der Waals surface area contributed by atoms with Crippen LogP contribution < -0.4 is 0 Å². The van der Waals surface area contributed by atoms with Crippen molar-refractivity contribution in [2.45, 2.75) is 58.8 Å². The fourth-order valence-corrected chi connectivity index (χ4v) is 3.07. The van der Waals surface area contributed by atoms with Gasteiger partial charge in [-0.1, -0.05) is 51.3 Å². The van der Waals surface area contributed by atoms with Crippen LogP contribution in [0.1, 0.15) is 62.9 Å². The van der Waals surface area contributed by atoms with Crippen LogP contribution in [0.3, 0.4) is 0 Å². The molecule has 1 heterocycles. The summed E-state index contributed by atoms with van der Waals surface area (Å²) in [5, 5.41) is 9.92. The summed E-state index contributed by atoms with van der Waals surface area (Å²) >= 11 is 0. The van der Waals surface area contributed by atoms with Crippen molar-refractivity contribution in [3.8, 4) is 0 Å². The molecule has 24 heavy (non-hydrogen) atoms. The standard InChI is InChI=1S/C20H27NO3/c1-3-4-5-6-10-17-14-16-9-7-8-11-18(16)21(17)20(24)15(2)12-13-19(22)23/h7-9,11,14-15H,3-6,10,12-13H2,1-2H3,(H,22,23). The fourth-order valence-electron chi connectivity index (χ4n) is 3.07. The Morgan fingerprint density at radius 1 is 1.17 bits per heavy atom. The summed E-state index contributed by atoms with van der Waals surface area (Å²) in [6.07, 6.45) is 5.92. The SMILES string of the molecule is CCCCCCc1cc2ccccc2n1C(=O)C(C)CCC(=O)O. The number of benzene rings is 1. The van der Waals surface area contributed by atoms with Crippen LogP contribution in [-0.2, 0) is 11.2 Å². The summed E-state index contributed by atoms with van der Waals surface area (Å²) in [5.74, 6) is -1.15. The summed E-state index contributed by atoms with van der Waals surface area (Å²) in [7, 11) is 0. The number of hydrogen-bond acceptors (Lipinski definition) is 2. The highest BCUT2D eigenvalue weighted by atomic mass is 16.4. The first-order valence-electron chi connectivity index (χ1n) is 8.90. The number of carbonyl (C=O) groups excluding carboxylic acids is 1. The molecule has 0 fully saturated rings. The van der Waals surface area contributed by atoms with Gasteiger partial charge in [0.2, 0.25) is 5.91 Å². The number of aryl methyl sites for hydroxylation is 1. The van der Waals surface area contributed by atoms with E-state index in [4.69, 9.17) is 5.11 Å². The maximum absolute atomic E-state index is 12.9. The molecule has 2 aromatic rings. The minimum atomic E-state index is -0.855. The fraction of sp³-hybridized carbons (Fsp3) is 0.500. The van der Waals surface area contributed by atoms with Crippen molar-refractivity contribution in [1.29, 1.82) is 0 Å². The highest BCUT2D eigenvalue weighted by molar-refractivity contribution is 5.94. The first-order chi connectivity index (χ1) is 11.5. The van der Waals surface area contributed by atoms with Crippen molar-refractivity contribution < 1.29 is 14.7 Å². The van der Waals surface area contributed by atoms with E-state index in [2.05, 4.69) is 13.0 Å². The lowest BCUT2D eigenvalue weighted by atomic mass is 10.0. The number of unbranched alkanes of at least 4 members (excludes halogenated alkanes) is 3. The van der Waals surface area contributed by atoms with Crippen LogP contribution in [0, 0.1) is 5.92 Å². The number of nitrogens with zero attached hydrogens (tertiary/aromatic N) is 1. The number of fused-ring (bicyclic) bond motifs is 1. The summed E-state index contributed by atoms with van der Waals surface area (Å²) in [6, 6.07) is 10.0. The molecule has 0 bridgehead atoms. The van der Waals surface area contributed by atoms with E-state index in [1.807, 2.05) is 35.8 Å². The number of para-hydroxylation sites is 1. The number of carbonyl (C=O) groups is 2. The molecule has 1 unspecified atom stereocenters. The highest BCUT2D eigenvalue weighted by Crippen LogP contribution is 2.24. The summed E-state index contributed by atoms with van der Waals surface area (Å²) < 4.78 is 1.81. The molecule has 1 aromatic heterocycles. The Hall–Kier alpha value is -2.10. The summed E-state index contributed by atoms with van der Waals surface area (Å²) in [4.78, 5) is 23.7.